The van der Waals surface area contributed by atoms with Crippen LogP contribution in [0, 0.1) is 0 Å². The second-order valence-corrected chi connectivity index (χ2v) is 9.48. The lowest BCUT2D eigenvalue weighted by Gasteiger charge is -2.20. The van der Waals surface area contributed by atoms with Crippen LogP contribution in [0.1, 0.15) is 60.2 Å². The normalized spacial score (nSPS) is 15.6. The standard InChI is InChI=1S/C21H27Cl2N3O2S/c1-26(20(28)16-10-9-14(22)13-17(16)23)12-11-18-19(27)25-21(29-18)24-15-7-5-3-2-4-6-8-15/h9-10,13,15,27H,2-8,11-12H2,1H3,(H,24,25). The summed E-state index contributed by atoms with van der Waals surface area (Å²) in [5, 5.41) is 15.3. The lowest BCUT2D eigenvalue weighted by atomic mass is 9.97. The van der Waals surface area contributed by atoms with Gasteiger partial charge in [-0.05, 0) is 31.0 Å². The first-order valence-corrected chi connectivity index (χ1v) is 11.7. The van der Waals surface area contributed by atoms with E-state index in [2.05, 4.69) is 10.3 Å². The third kappa shape index (κ3) is 6.24. The Morgan fingerprint density at radius 2 is 1.93 bits per heavy atom. The predicted octanol–water partition coefficient (Wildman–Crippen LogP) is 6.00. The molecule has 0 bridgehead atoms. The number of thiazole rings is 1. The van der Waals surface area contributed by atoms with Crippen LogP contribution in [0.5, 0.6) is 5.88 Å². The minimum absolute atomic E-state index is 0.0497. The number of likely N-dealkylation sites (N-methyl/N-ethyl adjacent to an activating group) is 1. The molecule has 2 aromatic rings. The van der Waals surface area contributed by atoms with Gasteiger partial charge in [-0.15, -0.1) is 0 Å². The molecule has 1 aromatic heterocycles. The number of halogens is 2. The number of anilines is 1. The third-order valence-corrected chi connectivity index (χ3v) is 6.88. The number of benzene rings is 1. The molecular formula is C21H27Cl2N3O2S. The Morgan fingerprint density at radius 3 is 2.62 bits per heavy atom. The first-order chi connectivity index (χ1) is 13.9. The van der Waals surface area contributed by atoms with Gasteiger partial charge < -0.3 is 15.3 Å². The first-order valence-electron chi connectivity index (χ1n) is 10.1. The van der Waals surface area contributed by atoms with Gasteiger partial charge in [-0.1, -0.05) is 66.6 Å². The Kier molecular flexibility index (Phi) is 8.04. The highest BCUT2D eigenvalue weighted by atomic mass is 35.5. The van der Waals surface area contributed by atoms with Crippen molar-refractivity contribution in [2.75, 3.05) is 18.9 Å². The van der Waals surface area contributed by atoms with Crippen molar-refractivity contribution in [1.29, 1.82) is 0 Å². The van der Waals surface area contributed by atoms with Crippen LogP contribution in [0.15, 0.2) is 18.2 Å². The molecule has 0 radical (unpaired) electrons. The minimum atomic E-state index is -0.177. The second kappa shape index (κ2) is 10.5. The summed E-state index contributed by atoms with van der Waals surface area (Å²) in [5.41, 5.74) is 0.415. The molecule has 0 saturated heterocycles. The number of nitrogens with zero attached hydrogens (tertiary/aromatic N) is 2. The lowest BCUT2D eigenvalue weighted by molar-refractivity contribution is 0.0796. The van der Waals surface area contributed by atoms with E-state index in [1.54, 1.807) is 30.1 Å². The number of hydrogen-bond acceptors (Lipinski definition) is 5. The van der Waals surface area contributed by atoms with Crippen molar-refractivity contribution >= 4 is 45.6 Å². The summed E-state index contributed by atoms with van der Waals surface area (Å²) in [7, 11) is 1.72. The summed E-state index contributed by atoms with van der Waals surface area (Å²) < 4.78 is 0. The van der Waals surface area contributed by atoms with Gasteiger partial charge in [-0.3, -0.25) is 4.79 Å². The topological polar surface area (TPSA) is 65.5 Å². The number of aromatic nitrogens is 1. The molecule has 1 fully saturated rings. The van der Waals surface area contributed by atoms with Crippen molar-refractivity contribution < 1.29 is 9.90 Å². The number of aromatic hydroxyl groups is 1. The molecule has 1 amide bonds. The first kappa shape index (κ1) is 22.2. The summed E-state index contributed by atoms with van der Waals surface area (Å²) in [5.74, 6) is -0.128. The molecule has 0 atom stereocenters. The number of amides is 1. The third-order valence-electron chi connectivity index (χ3n) is 5.29. The van der Waals surface area contributed by atoms with Crippen LogP contribution in [0.3, 0.4) is 0 Å². The molecule has 2 N–H and O–H groups in total. The molecule has 5 nitrogen and oxygen atoms in total. The monoisotopic (exact) mass is 455 g/mol. The quantitative estimate of drug-likeness (QED) is 0.560. The highest BCUT2D eigenvalue weighted by Gasteiger charge is 2.19. The van der Waals surface area contributed by atoms with E-state index in [-0.39, 0.29) is 11.8 Å². The Labute approximate surface area is 186 Å². The average molecular weight is 456 g/mol. The number of carbonyl (C=O) groups excluding carboxylic acids is 1. The largest absolute Gasteiger partial charge is 0.492 e. The zero-order valence-corrected chi connectivity index (χ0v) is 18.9. The van der Waals surface area contributed by atoms with Crippen LogP contribution in [-0.4, -0.2) is 40.5 Å². The fourth-order valence-corrected chi connectivity index (χ4v) is 4.99. The van der Waals surface area contributed by atoms with Gasteiger partial charge >= 0.3 is 0 Å². The van der Waals surface area contributed by atoms with Gasteiger partial charge in [0.2, 0.25) is 5.88 Å². The zero-order valence-electron chi connectivity index (χ0n) is 16.6. The Bertz CT molecular complexity index is 835. The van der Waals surface area contributed by atoms with Gasteiger partial charge in [0.25, 0.3) is 5.91 Å². The highest BCUT2D eigenvalue weighted by Crippen LogP contribution is 2.31. The molecular weight excluding hydrogens is 429 g/mol. The molecule has 1 aromatic carbocycles. The molecule has 158 valence electrons. The minimum Gasteiger partial charge on any atom is -0.492 e. The maximum atomic E-state index is 12.6. The summed E-state index contributed by atoms with van der Waals surface area (Å²) in [6, 6.07) is 5.26. The Balaban J connectivity index is 1.56. The van der Waals surface area contributed by atoms with Crippen LogP contribution in [0.25, 0.3) is 0 Å². The molecule has 0 spiro atoms. The van der Waals surface area contributed by atoms with E-state index in [1.807, 2.05) is 0 Å². The number of rotatable bonds is 6. The number of carbonyl (C=O) groups is 1. The van der Waals surface area contributed by atoms with Gasteiger partial charge in [0, 0.05) is 31.1 Å². The average Bonchev–Trinajstić information content (AvgIpc) is 3.00. The summed E-state index contributed by atoms with van der Waals surface area (Å²) in [6.07, 6.45) is 9.23. The van der Waals surface area contributed by atoms with E-state index < -0.39 is 0 Å². The van der Waals surface area contributed by atoms with Crippen molar-refractivity contribution in [3.63, 3.8) is 0 Å². The highest BCUT2D eigenvalue weighted by molar-refractivity contribution is 7.15. The van der Waals surface area contributed by atoms with Gasteiger partial charge in [-0.25, -0.2) is 0 Å². The molecule has 1 aliphatic carbocycles. The summed E-state index contributed by atoms with van der Waals surface area (Å²) >= 11 is 13.5. The predicted molar refractivity (Wildman–Crippen MR) is 121 cm³/mol. The summed E-state index contributed by atoms with van der Waals surface area (Å²) in [4.78, 5) is 19.3. The molecule has 8 heteroatoms. The maximum absolute atomic E-state index is 12.6. The van der Waals surface area contributed by atoms with Crippen LogP contribution >= 0.6 is 34.5 Å². The second-order valence-electron chi connectivity index (χ2n) is 7.55. The van der Waals surface area contributed by atoms with Gasteiger partial charge in [0.15, 0.2) is 5.13 Å². The molecule has 1 aliphatic rings. The lowest BCUT2D eigenvalue weighted by Crippen LogP contribution is -2.28. The van der Waals surface area contributed by atoms with Crippen molar-refractivity contribution in [2.24, 2.45) is 0 Å². The van der Waals surface area contributed by atoms with Crippen LogP contribution in [0.2, 0.25) is 10.0 Å². The molecule has 3 rings (SSSR count). The molecule has 0 aliphatic heterocycles. The molecule has 1 saturated carbocycles. The Hall–Kier alpha value is -1.50. The van der Waals surface area contributed by atoms with Gasteiger partial charge in [0.05, 0.1) is 15.5 Å². The SMILES string of the molecule is CN(CCc1sc(NC2CCCCCCC2)nc1O)C(=O)c1ccc(Cl)cc1Cl. The van der Waals surface area contributed by atoms with E-state index in [0.29, 0.717) is 34.6 Å². The van der Waals surface area contributed by atoms with Crippen molar-refractivity contribution in [3.05, 3.63) is 38.7 Å². The van der Waals surface area contributed by atoms with E-state index in [9.17, 15) is 9.90 Å². The van der Waals surface area contributed by atoms with Gasteiger partial charge in [-0.2, -0.15) is 4.98 Å². The fourth-order valence-electron chi connectivity index (χ4n) is 3.58. The number of nitrogens with one attached hydrogen (secondary N) is 1. The number of hydrogen-bond donors (Lipinski definition) is 2. The molecule has 1 heterocycles. The van der Waals surface area contributed by atoms with E-state index in [0.717, 1.165) is 22.9 Å². The van der Waals surface area contributed by atoms with Crippen LogP contribution < -0.4 is 5.32 Å². The maximum Gasteiger partial charge on any atom is 0.255 e. The van der Waals surface area contributed by atoms with Crippen molar-refractivity contribution in [3.8, 4) is 5.88 Å². The summed E-state index contributed by atoms with van der Waals surface area (Å²) in [6.45, 7) is 0.455. The smallest absolute Gasteiger partial charge is 0.255 e. The fraction of sp³-hybridized carbons (Fsp3) is 0.524. The van der Waals surface area contributed by atoms with E-state index in [1.165, 1.54) is 43.4 Å². The van der Waals surface area contributed by atoms with E-state index in [4.69, 9.17) is 23.2 Å². The van der Waals surface area contributed by atoms with Crippen LogP contribution in [-0.2, 0) is 6.42 Å². The zero-order chi connectivity index (χ0) is 20.8. The van der Waals surface area contributed by atoms with Crippen molar-refractivity contribution in [2.45, 2.75) is 57.4 Å². The Morgan fingerprint density at radius 1 is 1.24 bits per heavy atom. The van der Waals surface area contributed by atoms with E-state index >= 15 is 0 Å². The molecule has 0 unspecified atom stereocenters. The van der Waals surface area contributed by atoms with Crippen molar-refractivity contribution in [1.82, 2.24) is 9.88 Å². The van der Waals surface area contributed by atoms with Crippen LogP contribution in [0.4, 0.5) is 5.13 Å². The molecule has 29 heavy (non-hydrogen) atoms. The van der Waals surface area contributed by atoms with Gasteiger partial charge in [0.1, 0.15) is 0 Å².